The lowest BCUT2D eigenvalue weighted by molar-refractivity contribution is 0.561. The largest absolute Gasteiger partial charge is 0.423 e. The molecule has 3 N–H and O–H groups in total. The number of fused-ring (bicyclic) bond motifs is 1. The summed E-state index contributed by atoms with van der Waals surface area (Å²) in [5.74, 6) is 5.28. The number of hydrazine groups is 1. The van der Waals surface area contributed by atoms with Crippen LogP contribution in [0.5, 0.6) is 0 Å². The van der Waals surface area contributed by atoms with Crippen LogP contribution in [0.25, 0.3) is 11.0 Å². The minimum absolute atomic E-state index is 0.360. The standard InChI is InChI=1S/C9H8N2O2/c10-11-7-2-1-3-8-6(7)4-5-9(12)13-8/h1-5,11H,10H2. The molecular weight excluding hydrogens is 168 g/mol. The van der Waals surface area contributed by atoms with Crippen LogP contribution in [-0.2, 0) is 0 Å². The Bertz CT molecular complexity index is 490. The van der Waals surface area contributed by atoms with E-state index in [0.717, 1.165) is 11.1 Å². The Morgan fingerprint density at radius 1 is 1.23 bits per heavy atom. The zero-order valence-corrected chi connectivity index (χ0v) is 6.78. The molecule has 0 aliphatic heterocycles. The molecule has 66 valence electrons. The van der Waals surface area contributed by atoms with Gasteiger partial charge in [-0.2, -0.15) is 0 Å². The van der Waals surface area contributed by atoms with Crippen molar-refractivity contribution in [3.05, 3.63) is 40.8 Å². The fourth-order valence-corrected chi connectivity index (χ4v) is 1.22. The molecule has 4 heteroatoms. The molecule has 13 heavy (non-hydrogen) atoms. The van der Waals surface area contributed by atoms with Gasteiger partial charge >= 0.3 is 5.63 Å². The molecule has 1 aromatic carbocycles. The lowest BCUT2D eigenvalue weighted by Crippen LogP contribution is -2.07. The number of nitrogens with two attached hydrogens (primary N) is 1. The van der Waals surface area contributed by atoms with Gasteiger partial charge < -0.3 is 9.84 Å². The molecule has 1 aromatic heterocycles. The maximum Gasteiger partial charge on any atom is 0.336 e. The van der Waals surface area contributed by atoms with Crippen LogP contribution in [0.3, 0.4) is 0 Å². The van der Waals surface area contributed by atoms with Crippen molar-refractivity contribution >= 4 is 16.7 Å². The Labute approximate surface area is 73.9 Å². The molecule has 0 bridgehead atoms. The molecule has 0 saturated heterocycles. The number of anilines is 1. The number of benzene rings is 1. The molecule has 0 aliphatic carbocycles. The average Bonchev–Trinajstić information content (AvgIpc) is 2.16. The highest BCUT2D eigenvalue weighted by Crippen LogP contribution is 2.20. The van der Waals surface area contributed by atoms with Crippen LogP contribution < -0.4 is 16.9 Å². The minimum atomic E-state index is -0.360. The lowest BCUT2D eigenvalue weighted by atomic mass is 10.2. The van der Waals surface area contributed by atoms with Gasteiger partial charge in [-0.15, -0.1) is 0 Å². The second-order valence-corrected chi connectivity index (χ2v) is 2.62. The van der Waals surface area contributed by atoms with E-state index in [-0.39, 0.29) is 5.63 Å². The number of hydrogen-bond acceptors (Lipinski definition) is 4. The first kappa shape index (κ1) is 7.82. The Balaban J connectivity index is 2.85. The van der Waals surface area contributed by atoms with Crippen molar-refractivity contribution in [1.82, 2.24) is 0 Å². The first-order valence-corrected chi connectivity index (χ1v) is 3.81. The van der Waals surface area contributed by atoms with Crippen LogP contribution >= 0.6 is 0 Å². The second kappa shape index (κ2) is 2.91. The predicted molar refractivity (Wildman–Crippen MR) is 50.3 cm³/mol. The van der Waals surface area contributed by atoms with Crippen molar-refractivity contribution in [1.29, 1.82) is 0 Å². The summed E-state index contributed by atoms with van der Waals surface area (Å²) in [6.45, 7) is 0. The lowest BCUT2D eigenvalue weighted by Gasteiger charge is -2.02. The van der Waals surface area contributed by atoms with E-state index in [9.17, 15) is 4.79 Å². The highest BCUT2D eigenvalue weighted by atomic mass is 16.4. The van der Waals surface area contributed by atoms with Crippen molar-refractivity contribution in [3.8, 4) is 0 Å². The first-order valence-electron chi connectivity index (χ1n) is 3.81. The van der Waals surface area contributed by atoms with Gasteiger partial charge in [0.25, 0.3) is 0 Å². The van der Waals surface area contributed by atoms with E-state index in [0.29, 0.717) is 5.58 Å². The Morgan fingerprint density at radius 2 is 2.08 bits per heavy atom. The normalized spacial score (nSPS) is 10.2. The van der Waals surface area contributed by atoms with Crippen LogP contribution in [0.4, 0.5) is 5.69 Å². The van der Waals surface area contributed by atoms with E-state index >= 15 is 0 Å². The van der Waals surface area contributed by atoms with Crippen molar-refractivity contribution in [2.45, 2.75) is 0 Å². The van der Waals surface area contributed by atoms with E-state index in [1.165, 1.54) is 6.07 Å². The molecule has 0 radical (unpaired) electrons. The fourth-order valence-electron chi connectivity index (χ4n) is 1.22. The Hall–Kier alpha value is -1.81. The zero-order chi connectivity index (χ0) is 9.26. The van der Waals surface area contributed by atoms with E-state index in [1.54, 1.807) is 18.2 Å². The smallest absolute Gasteiger partial charge is 0.336 e. The monoisotopic (exact) mass is 176 g/mol. The molecule has 0 saturated carbocycles. The van der Waals surface area contributed by atoms with Gasteiger partial charge in [-0.25, -0.2) is 4.79 Å². The summed E-state index contributed by atoms with van der Waals surface area (Å²) >= 11 is 0. The Kier molecular flexibility index (Phi) is 1.75. The fraction of sp³-hybridized carbons (Fsp3) is 0. The molecule has 4 nitrogen and oxygen atoms in total. The summed E-state index contributed by atoms with van der Waals surface area (Å²) in [5, 5.41) is 0.796. The highest BCUT2D eigenvalue weighted by molar-refractivity contribution is 5.89. The van der Waals surface area contributed by atoms with Gasteiger partial charge in [-0.05, 0) is 18.2 Å². The van der Waals surface area contributed by atoms with Gasteiger partial charge in [0.1, 0.15) is 5.58 Å². The SMILES string of the molecule is NNc1cccc2oc(=O)ccc12. The molecule has 0 fully saturated rings. The summed E-state index contributed by atoms with van der Waals surface area (Å²) in [5.41, 5.74) is 3.44. The molecular formula is C9H8N2O2. The van der Waals surface area contributed by atoms with Crippen molar-refractivity contribution in [2.24, 2.45) is 5.84 Å². The number of nitrogens with one attached hydrogen (secondary N) is 1. The maximum atomic E-state index is 10.9. The predicted octanol–water partition coefficient (Wildman–Crippen LogP) is 1.08. The van der Waals surface area contributed by atoms with Gasteiger partial charge in [-0.3, -0.25) is 5.84 Å². The van der Waals surface area contributed by atoms with Crippen molar-refractivity contribution in [2.75, 3.05) is 5.43 Å². The third kappa shape index (κ3) is 1.27. The first-order chi connectivity index (χ1) is 6.31. The third-order valence-electron chi connectivity index (χ3n) is 1.82. The summed E-state index contributed by atoms with van der Waals surface area (Å²) < 4.78 is 4.95. The van der Waals surface area contributed by atoms with Crippen LogP contribution in [0.2, 0.25) is 0 Å². The molecule has 0 atom stereocenters. The highest BCUT2D eigenvalue weighted by Gasteiger charge is 2.00. The van der Waals surface area contributed by atoms with E-state index in [2.05, 4.69) is 5.43 Å². The number of rotatable bonds is 1. The molecule has 0 aliphatic rings. The van der Waals surface area contributed by atoms with E-state index in [1.807, 2.05) is 6.07 Å². The summed E-state index contributed by atoms with van der Waals surface area (Å²) in [4.78, 5) is 10.9. The number of nitrogen functional groups attached to an aromatic ring is 1. The maximum absolute atomic E-state index is 10.9. The second-order valence-electron chi connectivity index (χ2n) is 2.62. The van der Waals surface area contributed by atoms with Gasteiger partial charge in [0.15, 0.2) is 0 Å². The minimum Gasteiger partial charge on any atom is -0.423 e. The average molecular weight is 176 g/mol. The van der Waals surface area contributed by atoms with Crippen LogP contribution in [0.15, 0.2) is 39.5 Å². The number of hydrogen-bond donors (Lipinski definition) is 2. The Morgan fingerprint density at radius 3 is 2.85 bits per heavy atom. The van der Waals surface area contributed by atoms with E-state index < -0.39 is 0 Å². The third-order valence-corrected chi connectivity index (χ3v) is 1.82. The van der Waals surface area contributed by atoms with Gasteiger partial charge in [0.2, 0.25) is 0 Å². The quantitative estimate of drug-likeness (QED) is 0.387. The van der Waals surface area contributed by atoms with Crippen LogP contribution in [-0.4, -0.2) is 0 Å². The molecule has 0 spiro atoms. The van der Waals surface area contributed by atoms with Crippen molar-refractivity contribution in [3.63, 3.8) is 0 Å². The van der Waals surface area contributed by atoms with Crippen LogP contribution in [0, 0.1) is 0 Å². The molecule has 1 heterocycles. The van der Waals surface area contributed by atoms with Gasteiger partial charge in [0, 0.05) is 11.5 Å². The van der Waals surface area contributed by atoms with Crippen LogP contribution in [0.1, 0.15) is 0 Å². The van der Waals surface area contributed by atoms with Gasteiger partial charge in [0.05, 0.1) is 5.69 Å². The van der Waals surface area contributed by atoms with E-state index in [4.69, 9.17) is 10.3 Å². The summed E-state index contributed by atoms with van der Waals surface area (Å²) in [7, 11) is 0. The molecule has 2 rings (SSSR count). The zero-order valence-electron chi connectivity index (χ0n) is 6.78. The molecule has 0 unspecified atom stereocenters. The van der Waals surface area contributed by atoms with Crippen molar-refractivity contribution < 1.29 is 4.42 Å². The summed E-state index contributed by atoms with van der Waals surface area (Å²) in [6, 6.07) is 8.33. The summed E-state index contributed by atoms with van der Waals surface area (Å²) in [6.07, 6.45) is 0. The molecule has 2 aromatic rings. The topological polar surface area (TPSA) is 68.3 Å². The molecule has 0 amide bonds. The van der Waals surface area contributed by atoms with Gasteiger partial charge in [-0.1, -0.05) is 6.07 Å².